The van der Waals surface area contributed by atoms with Gasteiger partial charge in [-0.3, -0.25) is 4.79 Å². The smallest absolute Gasteiger partial charge is 0.354 e. The molecule has 0 aliphatic carbocycles. The number of carbonyl (C=O) groups is 2. The maximum Gasteiger partial charge on any atom is 0.354 e. The van der Waals surface area contributed by atoms with Crippen molar-refractivity contribution >= 4 is 11.9 Å². The lowest BCUT2D eigenvalue weighted by molar-refractivity contribution is -0.121. The highest BCUT2D eigenvalue weighted by molar-refractivity contribution is 5.86. The molecular formula is C24H43N3O3. The second-order valence-electron chi connectivity index (χ2n) is 8.33. The summed E-state index contributed by atoms with van der Waals surface area (Å²) in [5, 5.41) is 15.7. The summed E-state index contributed by atoms with van der Waals surface area (Å²) >= 11 is 0. The molecule has 30 heavy (non-hydrogen) atoms. The second-order valence-corrected chi connectivity index (χ2v) is 8.33. The Morgan fingerprint density at radius 2 is 1.30 bits per heavy atom. The molecule has 0 atom stereocenters. The Bertz CT molecular complexity index is 572. The molecule has 0 aromatic carbocycles. The van der Waals surface area contributed by atoms with Crippen molar-refractivity contribution in [3.05, 3.63) is 18.0 Å². The van der Waals surface area contributed by atoms with Gasteiger partial charge in [-0.1, -0.05) is 103 Å². The number of carbonyl (C=O) groups excluding carboxylic acids is 1. The summed E-state index contributed by atoms with van der Waals surface area (Å²) in [5.74, 6) is -1.26. The van der Waals surface area contributed by atoms with Gasteiger partial charge in [-0.15, -0.1) is 0 Å². The van der Waals surface area contributed by atoms with Crippen molar-refractivity contribution in [2.24, 2.45) is 0 Å². The number of rotatable bonds is 20. The Labute approximate surface area is 182 Å². The lowest BCUT2D eigenvalue weighted by Gasteiger charge is -2.07. The fourth-order valence-electron chi connectivity index (χ4n) is 3.73. The zero-order chi connectivity index (χ0) is 21.9. The highest BCUT2D eigenvalue weighted by atomic mass is 16.4. The largest absolute Gasteiger partial charge is 0.477 e. The number of unbranched alkanes of at least 4 members (excludes halogenated alkanes) is 15. The molecule has 1 amide bonds. The zero-order valence-corrected chi connectivity index (χ0v) is 19.0. The third-order valence-electron chi connectivity index (χ3n) is 5.58. The molecule has 1 aromatic heterocycles. The second kappa shape index (κ2) is 18.0. The topological polar surface area (TPSA) is 84.2 Å². The summed E-state index contributed by atoms with van der Waals surface area (Å²) < 4.78 is 1.21. The van der Waals surface area contributed by atoms with E-state index in [9.17, 15) is 9.59 Å². The molecule has 2 N–H and O–H groups in total. The van der Waals surface area contributed by atoms with E-state index >= 15 is 0 Å². The first kappa shape index (κ1) is 26.2. The molecule has 6 heteroatoms. The van der Waals surface area contributed by atoms with Crippen molar-refractivity contribution in [1.82, 2.24) is 15.1 Å². The van der Waals surface area contributed by atoms with Gasteiger partial charge in [0.15, 0.2) is 0 Å². The van der Waals surface area contributed by atoms with Gasteiger partial charge < -0.3 is 10.4 Å². The normalized spacial score (nSPS) is 11.0. The van der Waals surface area contributed by atoms with Crippen LogP contribution >= 0.6 is 0 Å². The van der Waals surface area contributed by atoms with Gasteiger partial charge in [-0.05, 0) is 12.5 Å². The van der Waals surface area contributed by atoms with Crippen molar-refractivity contribution < 1.29 is 14.7 Å². The lowest BCUT2D eigenvalue weighted by atomic mass is 10.0. The first-order valence-electron chi connectivity index (χ1n) is 12.2. The SMILES string of the molecule is CCCCCCCCCCCCCCCCCCNC(=O)Cn1nccc1C(=O)O. The van der Waals surface area contributed by atoms with Gasteiger partial charge in [0.25, 0.3) is 0 Å². The average Bonchev–Trinajstić information content (AvgIpc) is 3.18. The van der Waals surface area contributed by atoms with Crippen LogP contribution in [0.5, 0.6) is 0 Å². The van der Waals surface area contributed by atoms with E-state index in [-0.39, 0.29) is 18.1 Å². The highest BCUT2D eigenvalue weighted by Crippen LogP contribution is 2.13. The van der Waals surface area contributed by atoms with Crippen LogP contribution in [0.3, 0.4) is 0 Å². The molecule has 0 saturated heterocycles. The van der Waals surface area contributed by atoms with E-state index in [0.717, 1.165) is 12.8 Å². The fourth-order valence-corrected chi connectivity index (χ4v) is 3.73. The molecule has 0 aliphatic rings. The highest BCUT2D eigenvalue weighted by Gasteiger charge is 2.12. The van der Waals surface area contributed by atoms with E-state index in [1.165, 1.54) is 107 Å². The number of hydrogen-bond donors (Lipinski definition) is 2. The van der Waals surface area contributed by atoms with Crippen LogP contribution in [-0.4, -0.2) is 33.3 Å². The van der Waals surface area contributed by atoms with E-state index in [4.69, 9.17) is 5.11 Å². The molecule has 0 fully saturated rings. The van der Waals surface area contributed by atoms with Crippen LogP contribution in [0.2, 0.25) is 0 Å². The van der Waals surface area contributed by atoms with Crippen molar-refractivity contribution in [1.29, 1.82) is 0 Å². The Kier molecular flexibility index (Phi) is 15.7. The number of amides is 1. The summed E-state index contributed by atoms with van der Waals surface area (Å²) in [4.78, 5) is 22.9. The number of nitrogens with zero attached hydrogens (tertiary/aromatic N) is 2. The molecule has 1 heterocycles. The van der Waals surface area contributed by atoms with Crippen molar-refractivity contribution in [3.63, 3.8) is 0 Å². The molecule has 172 valence electrons. The van der Waals surface area contributed by atoms with Gasteiger partial charge in [0.2, 0.25) is 5.91 Å². The van der Waals surface area contributed by atoms with E-state index < -0.39 is 5.97 Å². The predicted octanol–water partition coefficient (Wildman–Crippen LogP) is 5.96. The summed E-state index contributed by atoms with van der Waals surface area (Å²) in [6.07, 6.45) is 22.7. The number of carboxylic acids is 1. The Balaban J connectivity index is 1.83. The van der Waals surface area contributed by atoms with Crippen molar-refractivity contribution in [2.45, 2.75) is 116 Å². The van der Waals surface area contributed by atoms with Gasteiger partial charge in [-0.25, -0.2) is 9.48 Å². The number of aromatic nitrogens is 2. The summed E-state index contributed by atoms with van der Waals surface area (Å²) in [6.45, 7) is 2.86. The van der Waals surface area contributed by atoms with Crippen molar-refractivity contribution in [2.75, 3.05) is 6.54 Å². The van der Waals surface area contributed by atoms with Crippen LogP contribution in [0.1, 0.15) is 120 Å². The molecular weight excluding hydrogens is 378 g/mol. The van der Waals surface area contributed by atoms with Gasteiger partial charge in [0.1, 0.15) is 12.2 Å². The summed E-state index contributed by atoms with van der Waals surface area (Å²) in [7, 11) is 0. The molecule has 1 rings (SSSR count). The summed E-state index contributed by atoms with van der Waals surface area (Å²) in [5.41, 5.74) is 0.0348. The van der Waals surface area contributed by atoms with Crippen LogP contribution in [0.4, 0.5) is 0 Å². The predicted molar refractivity (Wildman–Crippen MR) is 122 cm³/mol. The van der Waals surface area contributed by atoms with E-state index in [1.54, 1.807) is 0 Å². The average molecular weight is 422 g/mol. The maximum atomic E-state index is 11.9. The molecule has 1 aromatic rings. The van der Waals surface area contributed by atoms with Crippen LogP contribution < -0.4 is 5.32 Å². The number of carboxylic acid groups (broad SMARTS) is 1. The Morgan fingerprint density at radius 1 is 0.833 bits per heavy atom. The van der Waals surface area contributed by atoms with Gasteiger partial charge in [0.05, 0.1) is 0 Å². The quantitative estimate of drug-likeness (QED) is 0.254. The fraction of sp³-hybridized carbons (Fsp3) is 0.792. The molecule has 0 bridgehead atoms. The molecule has 6 nitrogen and oxygen atoms in total. The third kappa shape index (κ3) is 13.4. The maximum absolute atomic E-state index is 11.9. The number of aromatic carboxylic acids is 1. The Morgan fingerprint density at radius 3 is 1.77 bits per heavy atom. The van der Waals surface area contributed by atoms with Gasteiger partial charge in [-0.2, -0.15) is 5.10 Å². The molecule has 0 unspecified atom stereocenters. The van der Waals surface area contributed by atoms with Gasteiger partial charge in [0, 0.05) is 12.7 Å². The van der Waals surface area contributed by atoms with Crippen LogP contribution in [-0.2, 0) is 11.3 Å². The zero-order valence-electron chi connectivity index (χ0n) is 19.0. The van der Waals surface area contributed by atoms with Crippen LogP contribution in [0.15, 0.2) is 12.3 Å². The monoisotopic (exact) mass is 421 g/mol. The minimum atomic E-state index is -1.07. The number of nitrogens with one attached hydrogen (secondary N) is 1. The lowest BCUT2D eigenvalue weighted by Crippen LogP contribution is -2.29. The molecule has 0 radical (unpaired) electrons. The third-order valence-corrected chi connectivity index (χ3v) is 5.58. The van der Waals surface area contributed by atoms with Gasteiger partial charge >= 0.3 is 5.97 Å². The Hall–Kier alpha value is -1.85. The molecule has 0 aliphatic heterocycles. The summed E-state index contributed by atoms with van der Waals surface area (Å²) in [6, 6.07) is 1.39. The first-order chi connectivity index (χ1) is 14.6. The van der Waals surface area contributed by atoms with E-state index in [0.29, 0.717) is 6.54 Å². The number of hydrogen-bond acceptors (Lipinski definition) is 3. The molecule has 0 saturated carbocycles. The van der Waals surface area contributed by atoms with Crippen LogP contribution in [0, 0.1) is 0 Å². The minimum Gasteiger partial charge on any atom is -0.477 e. The van der Waals surface area contributed by atoms with E-state index in [2.05, 4.69) is 17.3 Å². The molecule has 0 spiro atoms. The van der Waals surface area contributed by atoms with E-state index in [1.807, 2.05) is 0 Å². The minimum absolute atomic E-state index is 0.0348. The standard InChI is InChI=1S/C24H43N3O3/c1-2-3-4-5-6-7-8-9-10-11-12-13-14-15-16-17-19-25-23(28)21-27-22(24(29)30)18-20-26-27/h18,20H,2-17,19,21H2,1H3,(H,25,28)(H,29,30). The van der Waals surface area contributed by atoms with Crippen LogP contribution in [0.25, 0.3) is 0 Å². The van der Waals surface area contributed by atoms with Crippen molar-refractivity contribution in [3.8, 4) is 0 Å². The first-order valence-corrected chi connectivity index (χ1v) is 12.2.